The first-order valence-corrected chi connectivity index (χ1v) is 10.9. The number of nitrogens with one attached hydrogen (secondary N) is 1. The van der Waals surface area contributed by atoms with Crippen LogP contribution in [0.2, 0.25) is 0 Å². The molecule has 3 rings (SSSR count). The van der Waals surface area contributed by atoms with Gasteiger partial charge in [-0.1, -0.05) is 13.8 Å². The van der Waals surface area contributed by atoms with Crippen LogP contribution in [0, 0.1) is 5.92 Å². The Morgan fingerprint density at radius 3 is 2.58 bits per heavy atom. The lowest BCUT2D eigenvalue weighted by Crippen LogP contribution is -2.47. The minimum absolute atomic E-state index is 0.185. The summed E-state index contributed by atoms with van der Waals surface area (Å²) in [5, 5.41) is 2.93. The number of hydrogen-bond acceptors (Lipinski definition) is 6. The van der Waals surface area contributed by atoms with Crippen LogP contribution in [0.3, 0.4) is 0 Å². The molecule has 2 aromatic heterocycles. The van der Waals surface area contributed by atoms with Crippen molar-refractivity contribution < 1.29 is 23.2 Å². The van der Waals surface area contributed by atoms with Gasteiger partial charge >= 0.3 is 0 Å². The second-order valence-electron chi connectivity index (χ2n) is 8.32. The molecule has 1 unspecified atom stereocenters. The maximum Gasteiger partial charge on any atom is 0.290 e. The molecule has 0 radical (unpaired) electrons. The summed E-state index contributed by atoms with van der Waals surface area (Å²) in [5.74, 6) is 1.51. The van der Waals surface area contributed by atoms with E-state index in [1.165, 1.54) is 4.90 Å². The molecule has 0 aliphatic carbocycles. The molecule has 1 N–H and O–H groups in total. The average Bonchev–Trinajstić information content (AvgIpc) is 3.43. The normalized spacial score (nSPS) is 15.7. The third kappa shape index (κ3) is 6.70. The molecule has 0 saturated carbocycles. The van der Waals surface area contributed by atoms with E-state index in [1.807, 2.05) is 6.07 Å². The van der Waals surface area contributed by atoms with Crippen LogP contribution in [0.25, 0.3) is 0 Å². The van der Waals surface area contributed by atoms with Gasteiger partial charge in [0.15, 0.2) is 5.76 Å². The number of furan rings is 2. The minimum Gasteiger partial charge on any atom is -0.467 e. The summed E-state index contributed by atoms with van der Waals surface area (Å²) in [6.07, 6.45) is 2.44. The average molecular weight is 432 g/mol. The van der Waals surface area contributed by atoms with Crippen LogP contribution >= 0.6 is 0 Å². The zero-order valence-electron chi connectivity index (χ0n) is 18.6. The highest BCUT2D eigenvalue weighted by molar-refractivity contribution is 5.95. The standard InChI is InChI=1S/C23H33N3O5/c1-17(2)8-9-24-22(27)18(3)26(16-19-5-4-12-30-19)23(28)21-7-6-20(31-21)15-25-10-13-29-14-11-25/h4-7,12,17-18H,8-11,13-16H2,1-3H3,(H,24,27). The Hall–Kier alpha value is -2.58. The lowest BCUT2D eigenvalue weighted by atomic mass is 10.1. The van der Waals surface area contributed by atoms with Gasteiger partial charge in [-0.3, -0.25) is 14.5 Å². The first-order valence-electron chi connectivity index (χ1n) is 10.9. The Balaban J connectivity index is 1.69. The van der Waals surface area contributed by atoms with Crippen LogP contribution in [0.15, 0.2) is 39.4 Å². The number of hydrogen-bond donors (Lipinski definition) is 1. The Bertz CT molecular complexity index is 824. The van der Waals surface area contributed by atoms with Crippen molar-refractivity contribution in [1.29, 1.82) is 0 Å². The van der Waals surface area contributed by atoms with E-state index in [0.717, 1.165) is 25.3 Å². The summed E-state index contributed by atoms with van der Waals surface area (Å²) in [7, 11) is 0. The molecule has 0 aromatic carbocycles. The van der Waals surface area contributed by atoms with E-state index in [-0.39, 0.29) is 24.1 Å². The van der Waals surface area contributed by atoms with E-state index < -0.39 is 6.04 Å². The van der Waals surface area contributed by atoms with Crippen LogP contribution in [0.5, 0.6) is 0 Å². The predicted octanol–water partition coefficient (Wildman–Crippen LogP) is 2.90. The number of carbonyl (C=O) groups excluding carboxylic acids is 2. The molecule has 170 valence electrons. The molecule has 8 nitrogen and oxygen atoms in total. The fourth-order valence-electron chi connectivity index (χ4n) is 3.43. The number of carbonyl (C=O) groups is 2. The highest BCUT2D eigenvalue weighted by Gasteiger charge is 2.29. The summed E-state index contributed by atoms with van der Waals surface area (Å²) in [6, 6.07) is 6.38. The van der Waals surface area contributed by atoms with Crippen LogP contribution in [0.4, 0.5) is 0 Å². The second kappa shape index (κ2) is 11.2. The van der Waals surface area contributed by atoms with Crippen LogP contribution < -0.4 is 5.32 Å². The molecule has 8 heteroatoms. The fourth-order valence-corrected chi connectivity index (χ4v) is 3.43. The Labute approximate surface area is 183 Å². The second-order valence-corrected chi connectivity index (χ2v) is 8.32. The summed E-state index contributed by atoms with van der Waals surface area (Å²) < 4.78 is 16.7. The van der Waals surface area contributed by atoms with Crippen LogP contribution in [-0.4, -0.2) is 60.5 Å². The largest absolute Gasteiger partial charge is 0.467 e. The van der Waals surface area contributed by atoms with E-state index in [0.29, 0.717) is 38.0 Å². The Kier molecular flexibility index (Phi) is 8.31. The van der Waals surface area contributed by atoms with Crippen molar-refractivity contribution in [2.45, 2.75) is 46.3 Å². The van der Waals surface area contributed by atoms with Gasteiger partial charge in [0.25, 0.3) is 5.91 Å². The van der Waals surface area contributed by atoms with Crippen molar-refractivity contribution >= 4 is 11.8 Å². The van der Waals surface area contributed by atoms with Gasteiger partial charge in [0.2, 0.25) is 5.91 Å². The summed E-state index contributed by atoms with van der Waals surface area (Å²) in [6.45, 7) is 10.4. The Morgan fingerprint density at radius 1 is 1.13 bits per heavy atom. The zero-order chi connectivity index (χ0) is 22.2. The number of rotatable bonds is 10. The first kappa shape index (κ1) is 23.1. The van der Waals surface area contributed by atoms with Gasteiger partial charge in [0, 0.05) is 19.6 Å². The van der Waals surface area contributed by atoms with Gasteiger partial charge in [0.1, 0.15) is 17.6 Å². The summed E-state index contributed by atoms with van der Waals surface area (Å²) in [5.41, 5.74) is 0. The van der Waals surface area contributed by atoms with Gasteiger partial charge < -0.3 is 23.8 Å². The monoisotopic (exact) mass is 431 g/mol. The zero-order valence-corrected chi connectivity index (χ0v) is 18.6. The quantitative estimate of drug-likeness (QED) is 0.622. The predicted molar refractivity (Wildman–Crippen MR) is 115 cm³/mol. The molecule has 3 heterocycles. The Morgan fingerprint density at radius 2 is 1.90 bits per heavy atom. The van der Waals surface area contributed by atoms with Crippen molar-refractivity contribution in [3.63, 3.8) is 0 Å². The summed E-state index contributed by atoms with van der Waals surface area (Å²) in [4.78, 5) is 29.7. The first-order chi connectivity index (χ1) is 14.9. The molecule has 1 saturated heterocycles. The maximum absolute atomic E-state index is 13.3. The molecule has 1 aliphatic rings. The molecule has 1 fully saturated rings. The van der Waals surface area contributed by atoms with Crippen molar-refractivity contribution in [2.75, 3.05) is 32.8 Å². The van der Waals surface area contributed by atoms with Gasteiger partial charge in [-0.15, -0.1) is 0 Å². The number of morpholine rings is 1. The highest BCUT2D eigenvalue weighted by atomic mass is 16.5. The van der Waals surface area contributed by atoms with Gasteiger partial charge in [-0.2, -0.15) is 0 Å². The van der Waals surface area contributed by atoms with Crippen molar-refractivity contribution in [3.8, 4) is 0 Å². The topological polar surface area (TPSA) is 88.2 Å². The molecule has 0 spiro atoms. The van der Waals surface area contributed by atoms with E-state index in [2.05, 4.69) is 24.1 Å². The smallest absolute Gasteiger partial charge is 0.290 e. The van der Waals surface area contributed by atoms with Crippen molar-refractivity contribution in [2.24, 2.45) is 5.92 Å². The van der Waals surface area contributed by atoms with Gasteiger partial charge in [-0.25, -0.2) is 0 Å². The lowest BCUT2D eigenvalue weighted by molar-refractivity contribution is -0.125. The number of ether oxygens (including phenoxy) is 1. The third-order valence-corrected chi connectivity index (χ3v) is 5.39. The minimum atomic E-state index is -0.669. The maximum atomic E-state index is 13.3. The molecular formula is C23H33N3O5. The van der Waals surface area contributed by atoms with Gasteiger partial charge in [0.05, 0.1) is 32.6 Å². The molecule has 31 heavy (non-hydrogen) atoms. The fraction of sp³-hybridized carbons (Fsp3) is 0.565. The van der Waals surface area contributed by atoms with E-state index >= 15 is 0 Å². The van der Waals surface area contributed by atoms with Crippen LogP contribution in [0.1, 0.15) is 49.3 Å². The van der Waals surface area contributed by atoms with E-state index in [9.17, 15) is 9.59 Å². The van der Waals surface area contributed by atoms with Crippen LogP contribution in [-0.2, 0) is 22.6 Å². The van der Waals surface area contributed by atoms with E-state index in [1.54, 1.807) is 31.4 Å². The third-order valence-electron chi connectivity index (χ3n) is 5.39. The van der Waals surface area contributed by atoms with Crippen molar-refractivity contribution in [3.05, 3.63) is 47.8 Å². The highest BCUT2D eigenvalue weighted by Crippen LogP contribution is 2.18. The molecule has 2 amide bonds. The number of nitrogens with zero attached hydrogens (tertiary/aromatic N) is 2. The molecule has 1 atom stereocenters. The molecule has 1 aliphatic heterocycles. The molecule has 0 bridgehead atoms. The number of amides is 2. The lowest BCUT2D eigenvalue weighted by Gasteiger charge is -2.27. The molecular weight excluding hydrogens is 398 g/mol. The summed E-state index contributed by atoms with van der Waals surface area (Å²) >= 11 is 0. The van der Waals surface area contributed by atoms with Crippen molar-refractivity contribution in [1.82, 2.24) is 15.1 Å². The van der Waals surface area contributed by atoms with E-state index in [4.69, 9.17) is 13.6 Å². The van der Waals surface area contributed by atoms with Gasteiger partial charge in [-0.05, 0) is 43.5 Å². The molecule has 2 aromatic rings. The SMILES string of the molecule is CC(C)CCNC(=O)C(C)N(Cc1ccco1)C(=O)c1ccc(CN2CCOCC2)o1.